The van der Waals surface area contributed by atoms with Crippen molar-refractivity contribution in [3.05, 3.63) is 70.1 Å². The van der Waals surface area contributed by atoms with Gasteiger partial charge in [0.25, 0.3) is 11.8 Å². The summed E-state index contributed by atoms with van der Waals surface area (Å²) in [7, 11) is 1.55. The van der Waals surface area contributed by atoms with Gasteiger partial charge in [-0.1, -0.05) is 23.8 Å². The van der Waals surface area contributed by atoms with Crippen molar-refractivity contribution in [2.45, 2.75) is 20.3 Å². The van der Waals surface area contributed by atoms with E-state index in [9.17, 15) is 19.2 Å². The number of imide groups is 1. The maximum absolute atomic E-state index is 12.9. The van der Waals surface area contributed by atoms with Gasteiger partial charge in [0.05, 0.1) is 24.8 Å². The lowest BCUT2D eigenvalue weighted by molar-refractivity contribution is -0.116. The topological polar surface area (TPSA) is 102 Å². The zero-order chi connectivity index (χ0) is 25.1. The maximum atomic E-state index is 12.9. The molecule has 0 saturated carbocycles. The Bertz CT molecular complexity index is 1290. The molecule has 35 heavy (non-hydrogen) atoms. The Hall–Kier alpha value is -3.98. The number of nitrogens with one attached hydrogen (secondary N) is 1. The van der Waals surface area contributed by atoms with Gasteiger partial charge in [0.2, 0.25) is 5.91 Å². The molecular formula is C26H24N2O6S. The van der Waals surface area contributed by atoms with Crippen LogP contribution in [0.25, 0.3) is 11.1 Å². The number of benzene rings is 2. The van der Waals surface area contributed by atoms with Crippen LogP contribution in [-0.4, -0.2) is 48.9 Å². The molecule has 1 N–H and O–H groups in total. The highest BCUT2D eigenvalue weighted by Crippen LogP contribution is 2.40. The lowest BCUT2D eigenvalue weighted by atomic mass is 10.0. The van der Waals surface area contributed by atoms with Crippen LogP contribution in [-0.2, 0) is 9.53 Å². The number of carbonyl (C=O) groups is 4. The van der Waals surface area contributed by atoms with E-state index in [1.54, 1.807) is 43.7 Å². The van der Waals surface area contributed by atoms with Crippen molar-refractivity contribution in [2.75, 3.05) is 25.6 Å². The normalized spacial score (nSPS) is 12.5. The van der Waals surface area contributed by atoms with Gasteiger partial charge >= 0.3 is 5.97 Å². The Morgan fingerprint density at radius 2 is 1.69 bits per heavy atom. The van der Waals surface area contributed by atoms with E-state index in [-0.39, 0.29) is 25.1 Å². The van der Waals surface area contributed by atoms with Crippen molar-refractivity contribution in [2.24, 2.45) is 0 Å². The summed E-state index contributed by atoms with van der Waals surface area (Å²) in [6, 6.07) is 12.2. The first-order valence-corrected chi connectivity index (χ1v) is 11.9. The fraction of sp³-hybridized carbons (Fsp3) is 0.231. The number of nitrogens with zero attached hydrogens (tertiary/aromatic N) is 1. The van der Waals surface area contributed by atoms with Crippen LogP contribution in [0.1, 0.15) is 50.0 Å². The Balaban J connectivity index is 1.55. The molecule has 1 aliphatic rings. The molecule has 180 valence electrons. The molecule has 0 saturated heterocycles. The highest BCUT2D eigenvalue weighted by Gasteiger charge is 2.35. The minimum absolute atomic E-state index is 0.0726. The number of hydrogen-bond donors (Lipinski definition) is 1. The number of hydrogen-bond acceptors (Lipinski definition) is 7. The average Bonchev–Trinajstić information content (AvgIpc) is 3.37. The number of ether oxygens (including phenoxy) is 2. The Morgan fingerprint density at radius 3 is 2.31 bits per heavy atom. The van der Waals surface area contributed by atoms with Gasteiger partial charge in [0.1, 0.15) is 16.3 Å². The summed E-state index contributed by atoms with van der Waals surface area (Å²) in [4.78, 5) is 51.8. The first kappa shape index (κ1) is 24.2. The molecule has 0 radical (unpaired) electrons. The molecule has 0 aliphatic carbocycles. The molecular weight excluding hydrogens is 468 g/mol. The summed E-state index contributed by atoms with van der Waals surface area (Å²) >= 11 is 1.19. The molecule has 0 atom stereocenters. The van der Waals surface area contributed by atoms with Crippen LogP contribution in [0.4, 0.5) is 5.00 Å². The van der Waals surface area contributed by atoms with Gasteiger partial charge < -0.3 is 14.8 Å². The summed E-state index contributed by atoms with van der Waals surface area (Å²) in [5.74, 6) is -1.26. The van der Waals surface area contributed by atoms with E-state index in [0.29, 0.717) is 33.0 Å². The number of carbonyl (C=O) groups excluding carboxylic acids is 4. The standard InChI is InChI=1S/C26H24N2O6S/c1-4-34-26(32)22-19(18-13-15(2)9-10-20(18)33-3)14-35-23(22)27-21(29)11-12-28-24(30)16-7-5-6-8-17(16)25(28)31/h5-10,13-14H,4,11-12H2,1-3H3,(H,27,29). The van der Waals surface area contributed by atoms with E-state index < -0.39 is 23.7 Å². The lowest BCUT2D eigenvalue weighted by Crippen LogP contribution is -2.32. The summed E-state index contributed by atoms with van der Waals surface area (Å²) in [6.45, 7) is 3.74. The molecule has 3 amide bonds. The predicted octanol–water partition coefficient (Wildman–Crippen LogP) is 4.53. The molecule has 3 aromatic rings. The van der Waals surface area contributed by atoms with Crippen LogP contribution >= 0.6 is 11.3 Å². The van der Waals surface area contributed by atoms with Crippen LogP contribution < -0.4 is 10.1 Å². The van der Waals surface area contributed by atoms with Crippen LogP contribution in [0.2, 0.25) is 0 Å². The molecule has 0 fully saturated rings. The van der Waals surface area contributed by atoms with Crippen molar-refractivity contribution in [3.8, 4) is 16.9 Å². The largest absolute Gasteiger partial charge is 0.496 e. The second kappa shape index (κ2) is 10.1. The number of rotatable bonds is 8. The molecule has 1 aromatic heterocycles. The Labute approximate surface area is 206 Å². The molecule has 0 spiro atoms. The molecule has 9 heteroatoms. The molecule has 8 nitrogen and oxygen atoms in total. The van der Waals surface area contributed by atoms with Crippen molar-refractivity contribution >= 4 is 40.0 Å². The van der Waals surface area contributed by atoms with E-state index >= 15 is 0 Å². The predicted molar refractivity (Wildman–Crippen MR) is 132 cm³/mol. The zero-order valence-corrected chi connectivity index (χ0v) is 20.4. The van der Waals surface area contributed by atoms with E-state index in [1.165, 1.54) is 11.3 Å². The first-order valence-electron chi connectivity index (χ1n) is 11.0. The fourth-order valence-corrected chi connectivity index (χ4v) is 4.90. The van der Waals surface area contributed by atoms with Crippen molar-refractivity contribution in [3.63, 3.8) is 0 Å². The number of esters is 1. The van der Waals surface area contributed by atoms with Crippen LogP contribution in [0.3, 0.4) is 0 Å². The van der Waals surface area contributed by atoms with Crippen molar-refractivity contribution in [1.29, 1.82) is 0 Å². The molecule has 1 aliphatic heterocycles. The minimum Gasteiger partial charge on any atom is -0.496 e. The van der Waals surface area contributed by atoms with Crippen LogP contribution in [0, 0.1) is 6.92 Å². The SMILES string of the molecule is CCOC(=O)c1c(-c2cc(C)ccc2OC)csc1NC(=O)CCN1C(=O)c2ccccc2C1=O. The van der Waals surface area contributed by atoms with Gasteiger partial charge in [-0.2, -0.15) is 0 Å². The molecule has 0 bridgehead atoms. The van der Waals surface area contributed by atoms with Crippen LogP contribution in [0.5, 0.6) is 5.75 Å². The number of methoxy groups -OCH3 is 1. The first-order chi connectivity index (χ1) is 16.8. The smallest absolute Gasteiger partial charge is 0.341 e. The molecule has 2 aromatic carbocycles. The van der Waals surface area contributed by atoms with Gasteiger partial charge in [0, 0.05) is 29.5 Å². The maximum Gasteiger partial charge on any atom is 0.341 e. The summed E-state index contributed by atoms with van der Waals surface area (Å²) in [5.41, 5.74) is 3.17. The van der Waals surface area contributed by atoms with Crippen molar-refractivity contribution in [1.82, 2.24) is 4.90 Å². The Morgan fingerprint density at radius 1 is 1.00 bits per heavy atom. The molecule has 4 rings (SSSR count). The second-order valence-electron chi connectivity index (χ2n) is 7.88. The minimum atomic E-state index is -0.567. The lowest BCUT2D eigenvalue weighted by Gasteiger charge is -2.14. The molecule has 0 unspecified atom stereocenters. The van der Waals surface area contributed by atoms with Gasteiger partial charge in [-0.15, -0.1) is 11.3 Å². The van der Waals surface area contributed by atoms with Crippen molar-refractivity contribution < 1.29 is 28.7 Å². The quantitative estimate of drug-likeness (QED) is 0.366. The van der Waals surface area contributed by atoms with Gasteiger partial charge in [0.15, 0.2) is 0 Å². The monoisotopic (exact) mass is 492 g/mol. The average molecular weight is 493 g/mol. The van der Waals surface area contributed by atoms with E-state index in [1.807, 2.05) is 25.1 Å². The Kier molecular flexibility index (Phi) is 6.97. The highest BCUT2D eigenvalue weighted by molar-refractivity contribution is 7.15. The number of amides is 3. The number of anilines is 1. The molecule has 2 heterocycles. The van der Waals surface area contributed by atoms with Gasteiger partial charge in [-0.3, -0.25) is 19.3 Å². The van der Waals surface area contributed by atoms with E-state index in [4.69, 9.17) is 9.47 Å². The zero-order valence-electron chi connectivity index (χ0n) is 19.5. The third-order valence-corrected chi connectivity index (χ3v) is 6.50. The fourth-order valence-electron chi connectivity index (χ4n) is 3.93. The number of fused-ring (bicyclic) bond motifs is 1. The summed E-state index contributed by atoms with van der Waals surface area (Å²) in [5, 5.41) is 4.85. The van der Waals surface area contributed by atoms with E-state index in [0.717, 1.165) is 10.5 Å². The van der Waals surface area contributed by atoms with E-state index in [2.05, 4.69) is 5.32 Å². The summed E-state index contributed by atoms with van der Waals surface area (Å²) < 4.78 is 10.7. The van der Waals surface area contributed by atoms with Crippen LogP contribution in [0.15, 0.2) is 47.8 Å². The second-order valence-corrected chi connectivity index (χ2v) is 8.76. The highest BCUT2D eigenvalue weighted by atomic mass is 32.1. The number of thiophene rings is 1. The number of aryl methyl sites for hydroxylation is 1. The van der Waals surface area contributed by atoms with Gasteiger partial charge in [-0.25, -0.2) is 4.79 Å². The van der Waals surface area contributed by atoms with Gasteiger partial charge in [-0.05, 0) is 38.1 Å². The summed E-state index contributed by atoms with van der Waals surface area (Å²) in [6.07, 6.45) is -0.116. The third-order valence-electron chi connectivity index (χ3n) is 5.61. The third kappa shape index (κ3) is 4.67.